The fourth-order valence-corrected chi connectivity index (χ4v) is 3.76. The summed E-state index contributed by atoms with van der Waals surface area (Å²) >= 11 is 0. The van der Waals surface area contributed by atoms with Crippen LogP contribution in [0, 0.1) is 0 Å². The molecule has 1 aliphatic rings. The van der Waals surface area contributed by atoms with E-state index in [0.717, 1.165) is 29.8 Å². The quantitative estimate of drug-likeness (QED) is 0.888. The van der Waals surface area contributed by atoms with Crippen molar-refractivity contribution in [2.75, 3.05) is 13.1 Å². The minimum Gasteiger partial charge on any atom is -0.271 e. The first-order chi connectivity index (χ1) is 10.6. The number of nitrogens with one attached hydrogen (secondary N) is 1. The summed E-state index contributed by atoms with van der Waals surface area (Å²) in [6.07, 6.45) is 5.30. The van der Waals surface area contributed by atoms with E-state index < -0.39 is 10.2 Å². The lowest BCUT2D eigenvalue weighted by Crippen LogP contribution is -2.38. The second-order valence-corrected chi connectivity index (χ2v) is 7.07. The zero-order chi connectivity index (χ0) is 15.6. The van der Waals surface area contributed by atoms with E-state index >= 15 is 0 Å². The first kappa shape index (κ1) is 15.1. The highest BCUT2D eigenvalue weighted by Gasteiger charge is 2.25. The molecule has 0 bridgehead atoms. The molecule has 0 unspecified atom stereocenters. The van der Waals surface area contributed by atoms with Crippen molar-refractivity contribution in [3.8, 4) is 11.3 Å². The maximum Gasteiger partial charge on any atom is 0.279 e. The Morgan fingerprint density at radius 3 is 2.77 bits per heavy atom. The van der Waals surface area contributed by atoms with Crippen molar-refractivity contribution in [3.63, 3.8) is 0 Å². The van der Waals surface area contributed by atoms with Gasteiger partial charge in [0.2, 0.25) is 0 Å². The van der Waals surface area contributed by atoms with Gasteiger partial charge in [0.05, 0.1) is 17.9 Å². The number of rotatable bonds is 5. The zero-order valence-electron chi connectivity index (χ0n) is 12.4. The van der Waals surface area contributed by atoms with Gasteiger partial charge in [0.25, 0.3) is 10.2 Å². The van der Waals surface area contributed by atoms with Crippen LogP contribution in [0.5, 0.6) is 0 Å². The van der Waals surface area contributed by atoms with Crippen LogP contribution in [-0.4, -0.2) is 40.6 Å². The van der Waals surface area contributed by atoms with Gasteiger partial charge in [-0.25, -0.2) is 0 Å². The van der Waals surface area contributed by atoms with Crippen LogP contribution in [0.15, 0.2) is 30.6 Å². The number of pyridine rings is 1. The molecular formula is C14H19N5O2S. The van der Waals surface area contributed by atoms with Crippen molar-refractivity contribution in [1.82, 2.24) is 23.8 Å². The molecule has 22 heavy (non-hydrogen) atoms. The van der Waals surface area contributed by atoms with Gasteiger partial charge in [-0.1, -0.05) is 0 Å². The molecule has 1 saturated heterocycles. The Hall–Kier alpha value is -1.77. The van der Waals surface area contributed by atoms with Crippen LogP contribution in [0.2, 0.25) is 0 Å². The molecule has 118 valence electrons. The topological polar surface area (TPSA) is 80.1 Å². The Morgan fingerprint density at radius 2 is 2.09 bits per heavy atom. The van der Waals surface area contributed by atoms with Gasteiger partial charge < -0.3 is 0 Å². The van der Waals surface area contributed by atoms with Gasteiger partial charge >= 0.3 is 0 Å². The molecule has 2 aromatic heterocycles. The van der Waals surface area contributed by atoms with E-state index in [1.54, 1.807) is 24.1 Å². The smallest absolute Gasteiger partial charge is 0.271 e. The Kier molecular flexibility index (Phi) is 4.23. The van der Waals surface area contributed by atoms with Crippen LogP contribution >= 0.6 is 0 Å². The highest BCUT2D eigenvalue weighted by molar-refractivity contribution is 7.87. The third kappa shape index (κ3) is 3.18. The Morgan fingerprint density at radius 1 is 1.32 bits per heavy atom. The molecule has 0 aromatic carbocycles. The summed E-state index contributed by atoms with van der Waals surface area (Å²) in [7, 11) is -1.60. The van der Waals surface area contributed by atoms with E-state index in [-0.39, 0.29) is 6.54 Å². The summed E-state index contributed by atoms with van der Waals surface area (Å²) in [4.78, 5) is 4.07. The van der Waals surface area contributed by atoms with Crippen molar-refractivity contribution in [3.05, 3.63) is 36.3 Å². The zero-order valence-corrected chi connectivity index (χ0v) is 13.3. The average molecular weight is 321 g/mol. The molecule has 0 saturated carbocycles. The van der Waals surface area contributed by atoms with E-state index in [2.05, 4.69) is 14.8 Å². The number of aromatic nitrogens is 3. The molecule has 1 fully saturated rings. The second-order valence-electron chi connectivity index (χ2n) is 5.32. The molecule has 7 nitrogen and oxygen atoms in total. The molecule has 0 spiro atoms. The van der Waals surface area contributed by atoms with E-state index in [9.17, 15) is 8.42 Å². The van der Waals surface area contributed by atoms with Crippen LogP contribution < -0.4 is 4.72 Å². The number of hydrogen-bond acceptors (Lipinski definition) is 4. The van der Waals surface area contributed by atoms with Gasteiger partial charge in [-0.3, -0.25) is 9.67 Å². The SMILES string of the molecule is Cn1nc(-c2cccnc2)cc1CNS(=O)(=O)N1CCCC1. The third-order valence-corrected chi connectivity index (χ3v) is 5.33. The maximum absolute atomic E-state index is 12.2. The lowest BCUT2D eigenvalue weighted by molar-refractivity contribution is 0.463. The molecule has 3 heterocycles. The molecule has 1 N–H and O–H groups in total. The Balaban J connectivity index is 1.72. The second kappa shape index (κ2) is 6.15. The first-order valence-electron chi connectivity index (χ1n) is 7.24. The largest absolute Gasteiger partial charge is 0.279 e. The van der Waals surface area contributed by atoms with Crippen molar-refractivity contribution in [2.45, 2.75) is 19.4 Å². The average Bonchev–Trinajstić information content (AvgIpc) is 3.16. The number of aryl methyl sites for hydroxylation is 1. The highest BCUT2D eigenvalue weighted by Crippen LogP contribution is 2.18. The monoisotopic (exact) mass is 321 g/mol. The summed E-state index contributed by atoms with van der Waals surface area (Å²) in [5, 5.41) is 4.41. The lowest BCUT2D eigenvalue weighted by Gasteiger charge is -2.15. The Bertz CT molecular complexity index is 736. The summed E-state index contributed by atoms with van der Waals surface area (Å²) in [6.45, 7) is 1.42. The van der Waals surface area contributed by atoms with Crippen LogP contribution in [-0.2, 0) is 23.8 Å². The molecule has 0 radical (unpaired) electrons. The van der Waals surface area contributed by atoms with E-state index in [1.165, 1.54) is 4.31 Å². The van der Waals surface area contributed by atoms with Gasteiger partial charge in [-0.2, -0.15) is 22.5 Å². The number of nitrogens with zero attached hydrogens (tertiary/aromatic N) is 4. The molecule has 2 aromatic rings. The normalized spacial score (nSPS) is 16.2. The minimum absolute atomic E-state index is 0.225. The van der Waals surface area contributed by atoms with Crippen molar-refractivity contribution >= 4 is 10.2 Å². The lowest BCUT2D eigenvalue weighted by atomic mass is 10.2. The molecule has 0 amide bonds. The van der Waals surface area contributed by atoms with Crippen LogP contribution in [0.25, 0.3) is 11.3 Å². The van der Waals surface area contributed by atoms with Gasteiger partial charge in [-0.05, 0) is 31.0 Å². The van der Waals surface area contributed by atoms with Crippen molar-refractivity contribution in [1.29, 1.82) is 0 Å². The van der Waals surface area contributed by atoms with Gasteiger partial charge in [0.15, 0.2) is 0 Å². The summed E-state index contributed by atoms with van der Waals surface area (Å²) in [6, 6.07) is 5.65. The van der Waals surface area contributed by atoms with E-state index in [1.807, 2.05) is 18.2 Å². The predicted octanol–water partition coefficient (Wildman–Crippen LogP) is 0.912. The first-order valence-corrected chi connectivity index (χ1v) is 8.68. The predicted molar refractivity (Wildman–Crippen MR) is 83.0 cm³/mol. The van der Waals surface area contributed by atoms with E-state index in [0.29, 0.717) is 13.1 Å². The summed E-state index contributed by atoms with van der Waals surface area (Å²) < 4.78 is 30.2. The van der Waals surface area contributed by atoms with Crippen molar-refractivity contribution in [2.24, 2.45) is 7.05 Å². The fraction of sp³-hybridized carbons (Fsp3) is 0.429. The highest BCUT2D eigenvalue weighted by atomic mass is 32.2. The van der Waals surface area contributed by atoms with Crippen LogP contribution in [0.3, 0.4) is 0 Å². The molecule has 8 heteroatoms. The van der Waals surface area contributed by atoms with Crippen molar-refractivity contribution < 1.29 is 8.42 Å². The summed E-state index contributed by atoms with van der Waals surface area (Å²) in [5.74, 6) is 0. The molecule has 3 rings (SSSR count). The van der Waals surface area contributed by atoms with Gasteiger partial charge in [0, 0.05) is 38.1 Å². The van der Waals surface area contributed by atoms with Crippen LogP contribution in [0.1, 0.15) is 18.5 Å². The third-order valence-electron chi connectivity index (χ3n) is 3.77. The summed E-state index contributed by atoms with van der Waals surface area (Å²) in [5.41, 5.74) is 2.50. The Labute approximate surface area is 130 Å². The number of hydrogen-bond donors (Lipinski definition) is 1. The van der Waals surface area contributed by atoms with Crippen LogP contribution in [0.4, 0.5) is 0 Å². The standard InChI is InChI=1S/C14H19N5O2S/c1-18-13(9-14(17-18)12-5-4-6-15-10-12)11-16-22(20,21)19-7-2-3-8-19/h4-6,9-10,16H,2-3,7-8,11H2,1H3. The molecule has 0 atom stereocenters. The van der Waals surface area contributed by atoms with Gasteiger partial charge in [-0.15, -0.1) is 0 Å². The minimum atomic E-state index is -3.40. The van der Waals surface area contributed by atoms with E-state index in [4.69, 9.17) is 0 Å². The molecule has 0 aliphatic carbocycles. The maximum atomic E-state index is 12.2. The fourth-order valence-electron chi connectivity index (χ4n) is 2.51. The van der Waals surface area contributed by atoms with Gasteiger partial charge in [0.1, 0.15) is 0 Å². The molecule has 1 aliphatic heterocycles. The molecular weight excluding hydrogens is 302 g/mol.